The van der Waals surface area contributed by atoms with Crippen LogP contribution in [0.2, 0.25) is 0 Å². The summed E-state index contributed by atoms with van der Waals surface area (Å²) in [5.41, 5.74) is 3.09. The zero-order valence-electron chi connectivity index (χ0n) is 12.7. The second-order valence-corrected chi connectivity index (χ2v) is 5.06. The summed E-state index contributed by atoms with van der Waals surface area (Å²) >= 11 is 0. The number of nitro groups is 1. The summed E-state index contributed by atoms with van der Waals surface area (Å²) in [6.45, 7) is 2.25. The molecule has 0 saturated heterocycles. The summed E-state index contributed by atoms with van der Waals surface area (Å²) in [6, 6.07) is 10.5. The van der Waals surface area contributed by atoms with Crippen molar-refractivity contribution in [2.75, 3.05) is 12.4 Å². The molecule has 0 aliphatic heterocycles. The SMILES string of the molecule is COc1ccc(NCn2nnc3cc(C)ccc32)c([N+](=O)[O-])c1. The summed E-state index contributed by atoms with van der Waals surface area (Å²) in [5.74, 6) is 0.434. The third kappa shape index (κ3) is 2.91. The second-order valence-electron chi connectivity index (χ2n) is 5.06. The van der Waals surface area contributed by atoms with Gasteiger partial charge in [-0.05, 0) is 36.8 Å². The smallest absolute Gasteiger partial charge is 0.296 e. The molecule has 0 aliphatic carbocycles. The zero-order chi connectivity index (χ0) is 16.4. The maximum Gasteiger partial charge on any atom is 0.296 e. The van der Waals surface area contributed by atoms with Crippen LogP contribution in [0.1, 0.15) is 5.56 Å². The number of ether oxygens (including phenoxy) is 1. The Morgan fingerprint density at radius 1 is 1.30 bits per heavy atom. The lowest BCUT2D eigenvalue weighted by Gasteiger charge is -2.09. The van der Waals surface area contributed by atoms with Gasteiger partial charge < -0.3 is 10.1 Å². The van der Waals surface area contributed by atoms with Gasteiger partial charge in [-0.3, -0.25) is 10.1 Å². The number of hydrogen-bond donors (Lipinski definition) is 1. The first-order chi connectivity index (χ1) is 11.1. The van der Waals surface area contributed by atoms with E-state index in [9.17, 15) is 10.1 Å². The highest BCUT2D eigenvalue weighted by atomic mass is 16.6. The van der Waals surface area contributed by atoms with Crippen molar-refractivity contribution < 1.29 is 9.66 Å². The fraction of sp³-hybridized carbons (Fsp3) is 0.200. The van der Waals surface area contributed by atoms with E-state index in [-0.39, 0.29) is 12.4 Å². The number of methoxy groups -OCH3 is 1. The molecule has 8 nitrogen and oxygen atoms in total. The Morgan fingerprint density at radius 2 is 2.13 bits per heavy atom. The molecule has 0 saturated carbocycles. The first kappa shape index (κ1) is 14.8. The molecule has 1 aromatic heterocycles. The van der Waals surface area contributed by atoms with Crippen molar-refractivity contribution in [3.05, 3.63) is 52.1 Å². The molecule has 0 fully saturated rings. The van der Waals surface area contributed by atoms with Gasteiger partial charge in [0.25, 0.3) is 5.69 Å². The highest BCUT2D eigenvalue weighted by Gasteiger charge is 2.15. The number of benzene rings is 2. The summed E-state index contributed by atoms with van der Waals surface area (Å²) in [6.07, 6.45) is 0. The third-order valence-corrected chi connectivity index (χ3v) is 3.49. The van der Waals surface area contributed by atoms with Gasteiger partial charge in [0.2, 0.25) is 0 Å². The van der Waals surface area contributed by atoms with Crippen LogP contribution in [0, 0.1) is 17.0 Å². The average Bonchev–Trinajstić information content (AvgIpc) is 2.94. The number of aryl methyl sites for hydroxylation is 1. The first-order valence-corrected chi connectivity index (χ1v) is 6.94. The quantitative estimate of drug-likeness (QED) is 0.575. The maximum atomic E-state index is 11.2. The third-order valence-electron chi connectivity index (χ3n) is 3.49. The predicted molar refractivity (Wildman–Crippen MR) is 85.5 cm³/mol. The number of hydrogen-bond acceptors (Lipinski definition) is 6. The van der Waals surface area contributed by atoms with Crippen LogP contribution >= 0.6 is 0 Å². The van der Waals surface area contributed by atoms with E-state index in [4.69, 9.17) is 4.74 Å². The van der Waals surface area contributed by atoms with E-state index in [1.807, 2.05) is 25.1 Å². The maximum absolute atomic E-state index is 11.2. The molecule has 3 rings (SSSR count). The Labute approximate surface area is 131 Å². The van der Waals surface area contributed by atoms with Crippen LogP contribution in [0.15, 0.2) is 36.4 Å². The molecular formula is C15H15N5O3. The highest BCUT2D eigenvalue weighted by Crippen LogP contribution is 2.29. The normalized spacial score (nSPS) is 10.7. The molecule has 0 bridgehead atoms. The molecule has 1 N–H and O–H groups in total. The van der Waals surface area contributed by atoms with Gasteiger partial charge in [-0.1, -0.05) is 11.3 Å². The van der Waals surface area contributed by atoms with E-state index in [0.29, 0.717) is 11.4 Å². The first-order valence-electron chi connectivity index (χ1n) is 6.94. The van der Waals surface area contributed by atoms with Crippen molar-refractivity contribution in [1.82, 2.24) is 15.0 Å². The summed E-state index contributed by atoms with van der Waals surface area (Å²) in [4.78, 5) is 10.7. The number of aromatic nitrogens is 3. The largest absolute Gasteiger partial charge is 0.496 e. The topological polar surface area (TPSA) is 95.1 Å². The highest BCUT2D eigenvalue weighted by molar-refractivity contribution is 5.75. The zero-order valence-corrected chi connectivity index (χ0v) is 12.7. The van der Waals surface area contributed by atoms with Crippen molar-refractivity contribution in [2.24, 2.45) is 0 Å². The van der Waals surface area contributed by atoms with Gasteiger partial charge in [0.15, 0.2) is 0 Å². The van der Waals surface area contributed by atoms with Crippen molar-refractivity contribution in [3.63, 3.8) is 0 Å². The molecule has 0 amide bonds. The van der Waals surface area contributed by atoms with Gasteiger partial charge in [0, 0.05) is 0 Å². The van der Waals surface area contributed by atoms with Crippen LogP contribution in [-0.2, 0) is 6.67 Å². The van der Waals surface area contributed by atoms with Gasteiger partial charge in [0.1, 0.15) is 23.6 Å². The molecule has 3 aromatic rings. The standard InChI is InChI=1S/C15H15N5O3/c1-10-3-6-14-13(7-10)17-18-19(14)9-16-12-5-4-11(23-2)8-15(12)20(21)22/h3-8,16H,9H2,1-2H3. The number of nitrogens with zero attached hydrogens (tertiary/aromatic N) is 4. The number of rotatable bonds is 5. The van der Waals surface area contributed by atoms with E-state index < -0.39 is 4.92 Å². The summed E-state index contributed by atoms with van der Waals surface area (Å²) in [7, 11) is 1.47. The molecule has 0 aliphatic rings. The molecule has 118 valence electrons. The fourth-order valence-electron chi connectivity index (χ4n) is 2.30. The van der Waals surface area contributed by atoms with Crippen LogP contribution in [-0.4, -0.2) is 27.0 Å². The molecule has 0 radical (unpaired) electrons. The summed E-state index contributed by atoms with van der Waals surface area (Å²) in [5, 5.41) is 22.4. The number of anilines is 1. The molecular weight excluding hydrogens is 298 g/mol. The van der Waals surface area contributed by atoms with Gasteiger partial charge in [-0.25, -0.2) is 4.68 Å². The van der Waals surface area contributed by atoms with Crippen molar-refractivity contribution in [2.45, 2.75) is 13.6 Å². The summed E-state index contributed by atoms with van der Waals surface area (Å²) < 4.78 is 6.67. The minimum Gasteiger partial charge on any atom is -0.496 e. The van der Waals surface area contributed by atoms with E-state index in [1.165, 1.54) is 13.2 Å². The van der Waals surface area contributed by atoms with E-state index in [1.54, 1.807) is 16.8 Å². The second kappa shape index (κ2) is 5.91. The minimum atomic E-state index is -0.451. The van der Waals surface area contributed by atoms with E-state index >= 15 is 0 Å². The van der Waals surface area contributed by atoms with E-state index in [2.05, 4.69) is 15.6 Å². The van der Waals surface area contributed by atoms with Crippen molar-refractivity contribution in [1.29, 1.82) is 0 Å². The Bertz CT molecular complexity index is 875. The molecule has 23 heavy (non-hydrogen) atoms. The molecule has 2 aromatic carbocycles. The van der Waals surface area contributed by atoms with Crippen LogP contribution in [0.25, 0.3) is 11.0 Å². The molecule has 1 heterocycles. The Kier molecular flexibility index (Phi) is 3.80. The molecule has 0 atom stereocenters. The lowest BCUT2D eigenvalue weighted by molar-refractivity contribution is -0.384. The fourth-order valence-corrected chi connectivity index (χ4v) is 2.30. The van der Waals surface area contributed by atoms with Gasteiger partial charge >= 0.3 is 0 Å². The monoisotopic (exact) mass is 313 g/mol. The number of fused-ring (bicyclic) bond motifs is 1. The van der Waals surface area contributed by atoms with Crippen LogP contribution in [0.4, 0.5) is 11.4 Å². The lowest BCUT2D eigenvalue weighted by atomic mass is 10.2. The van der Waals surface area contributed by atoms with Crippen molar-refractivity contribution in [3.8, 4) is 5.75 Å². The van der Waals surface area contributed by atoms with Gasteiger partial charge in [-0.15, -0.1) is 5.10 Å². The van der Waals surface area contributed by atoms with Crippen molar-refractivity contribution >= 4 is 22.4 Å². The molecule has 0 unspecified atom stereocenters. The average molecular weight is 313 g/mol. The lowest BCUT2D eigenvalue weighted by Crippen LogP contribution is -2.10. The molecule has 8 heteroatoms. The Balaban J connectivity index is 1.86. The van der Waals surface area contributed by atoms with Gasteiger partial charge in [0.05, 0.1) is 23.6 Å². The van der Waals surface area contributed by atoms with Crippen LogP contribution in [0.5, 0.6) is 5.75 Å². The van der Waals surface area contributed by atoms with Crippen LogP contribution in [0.3, 0.4) is 0 Å². The molecule has 0 spiro atoms. The Hall–Kier alpha value is -3.16. The Morgan fingerprint density at radius 3 is 2.87 bits per heavy atom. The van der Waals surface area contributed by atoms with E-state index in [0.717, 1.165) is 16.6 Å². The number of nitrogens with one attached hydrogen (secondary N) is 1. The minimum absolute atomic E-state index is 0.0513. The number of nitro benzene ring substituents is 1. The van der Waals surface area contributed by atoms with Gasteiger partial charge in [-0.2, -0.15) is 0 Å². The predicted octanol–water partition coefficient (Wildman–Crippen LogP) is 2.73. The van der Waals surface area contributed by atoms with Crippen LogP contribution < -0.4 is 10.1 Å².